The summed E-state index contributed by atoms with van der Waals surface area (Å²) in [6.07, 6.45) is 0. The van der Waals surface area contributed by atoms with Gasteiger partial charge in [-0.25, -0.2) is 4.98 Å². The van der Waals surface area contributed by atoms with Crippen molar-refractivity contribution in [3.8, 4) is 0 Å². The van der Waals surface area contributed by atoms with Crippen molar-refractivity contribution in [2.75, 3.05) is 0 Å². The molecule has 17 heavy (non-hydrogen) atoms. The summed E-state index contributed by atoms with van der Waals surface area (Å²) in [6.45, 7) is 0. The quantitative estimate of drug-likeness (QED) is 0.646. The lowest BCUT2D eigenvalue weighted by Gasteiger charge is -1.94. The van der Waals surface area contributed by atoms with E-state index < -0.39 is 0 Å². The molecule has 1 nitrogen and oxygen atoms in total. The molecule has 0 aliphatic carbocycles. The molecule has 0 amide bonds. The minimum atomic E-state index is 0.761. The third-order valence-electron chi connectivity index (χ3n) is 2.28. The largest absolute Gasteiger partial charge is 0.229 e. The van der Waals surface area contributed by atoms with Crippen LogP contribution in [0.5, 0.6) is 0 Å². The molecular formula is C13H8ClNS2. The van der Waals surface area contributed by atoms with Crippen molar-refractivity contribution in [2.45, 2.75) is 9.24 Å². The molecule has 3 rings (SSSR count). The summed E-state index contributed by atoms with van der Waals surface area (Å²) in [7, 11) is 0. The lowest BCUT2D eigenvalue weighted by atomic mass is 10.3. The van der Waals surface area contributed by atoms with Crippen LogP contribution in [-0.2, 0) is 0 Å². The van der Waals surface area contributed by atoms with E-state index in [9.17, 15) is 0 Å². The number of benzene rings is 2. The van der Waals surface area contributed by atoms with Crippen LogP contribution in [0.2, 0.25) is 5.02 Å². The number of nitrogens with zero attached hydrogens (tertiary/aromatic N) is 1. The van der Waals surface area contributed by atoms with Gasteiger partial charge in [-0.15, -0.1) is 11.3 Å². The Kier molecular flexibility index (Phi) is 3.05. The molecule has 0 spiro atoms. The minimum Gasteiger partial charge on any atom is -0.229 e. The number of aromatic nitrogens is 1. The summed E-state index contributed by atoms with van der Waals surface area (Å²) < 4.78 is 2.18. The molecule has 3 aromatic rings. The molecule has 0 atom stereocenters. The van der Waals surface area contributed by atoms with Gasteiger partial charge in [-0.2, -0.15) is 0 Å². The highest BCUT2D eigenvalue weighted by molar-refractivity contribution is 8.01. The van der Waals surface area contributed by atoms with Crippen molar-refractivity contribution in [1.29, 1.82) is 0 Å². The molecule has 0 bridgehead atoms. The highest BCUT2D eigenvalue weighted by Gasteiger charge is 2.05. The van der Waals surface area contributed by atoms with Crippen molar-refractivity contribution >= 4 is 44.9 Å². The zero-order valence-electron chi connectivity index (χ0n) is 8.76. The predicted molar refractivity (Wildman–Crippen MR) is 75.2 cm³/mol. The van der Waals surface area contributed by atoms with Crippen LogP contribution in [0.3, 0.4) is 0 Å². The van der Waals surface area contributed by atoms with E-state index in [0.717, 1.165) is 19.6 Å². The van der Waals surface area contributed by atoms with Crippen LogP contribution < -0.4 is 0 Å². The molecule has 0 aliphatic heterocycles. The lowest BCUT2D eigenvalue weighted by Crippen LogP contribution is -1.70. The Balaban J connectivity index is 1.96. The lowest BCUT2D eigenvalue weighted by molar-refractivity contribution is 1.29. The maximum absolute atomic E-state index is 5.96. The van der Waals surface area contributed by atoms with Gasteiger partial charge in [-0.3, -0.25) is 0 Å². The molecule has 2 aromatic carbocycles. The van der Waals surface area contributed by atoms with Crippen LogP contribution in [0.15, 0.2) is 57.8 Å². The molecule has 0 saturated carbocycles. The van der Waals surface area contributed by atoms with Crippen molar-refractivity contribution in [3.63, 3.8) is 0 Å². The Morgan fingerprint density at radius 3 is 2.71 bits per heavy atom. The number of fused-ring (bicyclic) bond motifs is 1. The van der Waals surface area contributed by atoms with Gasteiger partial charge in [0.2, 0.25) is 0 Å². The molecular weight excluding hydrogens is 270 g/mol. The second-order valence-corrected chi connectivity index (χ2v) is 6.29. The van der Waals surface area contributed by atoms with Crippen LogP contribution in [0.1, 0.15) is 0 Å². The summed E-state index contributed by atoms with van der Waals surface area (Å²) in [5.41, 5.74) is 1.01. The first-order valence-corrected chi connectivity index (χ1v) is 7.11. The number of thiazole rings is 1. The Morgan fingerprint density at radius 1 is 1.06 bits per heavy atom. The van der Waals surface area contributed by atoms with Gasteiger partial charge in [-0.1, -0.05) is 41.6 Å². The van der Waals surface area contributed by atoms with Crippen LogP contribution in [0.4, 0.5) is 0 Å². The highest BCUT2D eigenvalue weighted by Crippen LogP contribution is 2.34. The average Bonchev–Trinajstić information content (AvgIpc) is 2.71. The summed E-state index contributed by atoms with van der Waals surface area (Å²) in [4.78, 5) is 5.78. The molecule has 0 unspecified atom stereocenters. The van der Waals surface area contributed by atoms with E-state index in [0.29, 0.717) is 0 Å². The Morgan fingerprint density at radius 2 is 1.88 bits per heavy atom. The molecule has 0 radical (unpaired) electrons. The SMILES string of the molecule is Clc1ccc2nc(Sc3ccccc3)sc2c1. The number of halogens is 1. The highest BCUT2D eigenvalue weighted by atomic mass is 35.5. The number of hydrogen-bond acceptors (Lipinski definition) is 3. The van der Waals surface area contributed by atoms with E-state index in [-0.39, 0.29) is 0 Å². The molecule has 4 heteroatoms. The van der Waals surface area contributed by atoms with Crippen LogP contribution in [-0.4, -0.2) is 4.98 Å². The first-order valence-electron chi connectivity index (χ1n) is 5.10. The molecule has 1 aromatic heterocycles. The topological polar surface area (TPSA) is 12.9 Å². The fourth-order valence-electron chi connectivity index (χ4n) is 1.51. The Labute approximate surface area is 112 Å². The molecule has 84 valence electrons. The number of rotatable bonds is 2. The second kappa shape index (κ2) is 4.69. The molecule has 1 heterocycles. The maximum atomic E-state index is 5.96. The second-order valence-electron chi connectivity index (χ2n) is 3.51. The summed E-state index contributed by atoms with van der Waals surface area (Å²) in [5, 5.41) is 0.761. The van der Waals surface area contributed by atoms with Crippen LogP contribution in [0, 0.1) is 0 Å². The van der Waals surface area contributed by atoms with Gasteiger partial charge < -0.3 is 0 Å². The van der Waals surface area contributed by atoms with Gasteiger partial charge in [0.05, 0.1) is 10.2 Å². The predicted octanol–water partition coefficient (Wildman–Crippen LogP) is 5.10. The molecule has 0 aliphatic rings. The Hall–Kier alpha value is -1.03. The number of hydrogen-bond donors (Lipinski definition) is 0. The first-order chi connectivity index (χ1) is 8.31. The standard InChI is InChI=1S/C13H8ClNS2/c14-9-6-7-11-12(8-9)17-13(15-11)16-10-4-2-1-3-5-10/h1-8H. The van der Waals surface area contributed by atoms with Crippen molar-refractivity contribution in [2.24, 2.45) is 0 Å². The normalized spacial score (nSPS) is 10.9. The smallest absolute Gasteiger partial charge is 0.155 e. The van der Waals surface area contributed by atoms with E-state index >= 15 is 0 Å². The van der Waals surface area contributed by atoms with Gasteiger partial charge in [-0.05, 0) is 30.3 Å². The van der Waals surface area contributed by atoms with Crippen molar-refractivity contribution in [3.05, 3.63) is 53.6 Å². The van der Waals surface area contributed by atoms with Gasteiger partial charge in [0.15, 0.2) is 4.34 Å². The van der Waals surface area contributed by atoms with Gasteiger partial charge >= 0.3 is 0 Å². The zero-order valence-corrected chi connectivity index (χ0v) is 11.1. The van der Waals surface area contributed by atoms with Gasteiger partial charge in [0, 0.05) is 9.92 Å². The van der Waals surface area contributed by atoms with E-state index in [1.54, 1.807) is 23.1 Å². The monoisotopic (exact) mass is 277 g/mol. The third-order valence-corrected chi connectivity index (χ3v) is 4.60. The zero-order chi connectivity index (χ0) is 11.7. The molecule has 0 fully saturated rings. The van der Waals surface area contributed by atoms with Gasteiger partial charge in [0.1, 0.15) is 0 Å². The molecule has 0 saturated heterocycles. The first kappa shape index (κ1) is 11.1. The van der Waals surface area contributed by atoms with Crippen molar-refractivity contribution < 1.29 is 0 Å². The molecule has 0 N–H and O–H groups in total. The fourth-order valence-corrected chi connectivity index (χ4v) is 3.85. The van der Waals surface area contributed by atoms with Crippen molar-refractivity contribution in [1.82, 2.24) is 4.98 Å². The fraction of sp³-hybridized carbons (Fsp3) is 0. The third kappa shape index (κ3) is 2.46. The summed E-state index contributed by atoms with van der Waals surface area (Å²) in [5.74, 6) is 0. The minimum absolute atomic E-state index is 0.761. The van der Waals surface area contributed by atoms with Crippen LogP contribution in [0.25, 0.3) is 10.2 Å². The van der Waals surface area contributed by atoms with E-state index in [2.05, 4.69) is 17.1 Å². The Bertz CT molecular complexity index is 649. The van der Waals surface area contributed by atoms with E-state index in [1.165, 1.54) is 4.90 Å². The van der Waals surface area contributed by atoms with E-state index in [1.807, 2.05) is 36.4 Å². The van der Waals surface area contributed by atoms with Gasteiger partial charge in [0.25, 0.3) is 0 Å². The van der Waals surface area contributed by atoms with Crippen LogP contribution >= 0.6 is 34.7 Å². The summed E-state index contributed by atoms with van der Waals surface area (Å²) >= 11 is 9.32. The van der Waals surface area contributed by atoms with E-state index in [4.69, 9.17) is 11.6 Å². The summed E-state index contributed by atoms with van der Waals surface area (Å²) in [6, 6.07) is 16.1. The average molecular weight is 278 g/mol. The maximum Gasteiger partial charge on any atom is 0.155 e.